The predicted molar refractivity (Wildman–Crippen MR) is 214 cm³/mol. The van der Waals surface area contributed by atoms with Crippen molar-refractivity contribution >= 4 is 35.1 Å². The number of rotatable bonds is 9. The molecule has 2 unspecified atom stereocenters. The zero-order chi connectivity index (χ0) is 34.6. The van der Waals surface area contributed by atoms with Crippen LogP contribution < -0.4 is 0 Å². The summed E-state index contributed by atoms with van der Waals surface area (Å²) in [5.74, 6) is -1.27. The molecule has 0 fully saturated rings. The molecule has 2 atom stereocenters. The first kappa shape index (κ1) is 35.9. The summed E-state index contributed by atoms with van der Waals surface area (Å²) in [7, 11) is 17.2. The van der Waals surface area contributed by atoms with E-state index in [1.807, 2.05) is 0 Å². The number of unbranched alkanes of at least 4 members (excludes halogenated alkanes) is 1. The molecule has 0 radical (unpaired) electrons. The zero-order valence-corrected chi connectivity index (χ0v) is 35.5. The summed E-state index contributed by atoms with van der Waals surface area (Å²) >= 11 is -4.80. The second-order valence-corrected chi connectivity index (χ2v) is 58.7. The number of allylic oxidation sites excluding steroid dienone is 2. The third-order valence-corrected chi connectivity index (χ3v) is 63.4. The maximum atomic E-state index is 8.62. The number of halogens is 2. The summed E-state index contributed by atoms with van der Waals surface area (Å²) in [5.41, 5.74) is 16.1. The van der Waals surface area contributed by atoms with Gasteiger partial charge in [0.1, 0.15) is 0 Å². The van der Waals surface area contributed by atoms with E-state index >= 15 is 0 Å². The van der Waals surface area contributed by atoms with Crippen LogP contribution in [0.5, 0.6) is 0 Å². The average Bonchev–Trinajstić information content (AvgIpc) is 3.63. The maximum absolute atomic E-state index is 8.62. The number of hydrogen-bond acceptors (Lipinski definition) is 0. The fourth-order valence-electron chi connectivity index (χ4n) is 8.54. The Labute approximate surface area is 299 Å². The van der Waals surface area contributed by atoms with Crippen molar-refractivity contribution in [2.45, 2.75) is 93.5 Å². The first-order valence-corrected chi connectivity index (χ1v) is 34.4. The molecule has 4 heteroatoms. The fraction of sp³-hybridized carbons (Fsp3) is 0.364. The van der Waals surface area contributed by atoms with Gasteiger partial charge in [0.15, 0.2) is 0 Å². The van der Waals surface area contributed by atoms with Crippen molar-refractivity contribution in [1.82, 2.24) is 0 Å². The molecule has 48 heavy (non-hydrogen) atoms. The number of benzene rings is 4. The van der Waals surface area contributed by atoms with E-state index in [1.165, 1.54) is 79.6 Å². The Bertz CT molecular complexity index is 1890. The van der Waals surface area contributed by atoms with Crippen molar-refractivity contribution in [2.75, 3.05) is 0 Å². The van der Waals surface area contributed by atoms with Crippen molar-refractivity contribution in [3.63, 3.8) is 0 Å². The summed E-state index contributed by atoms with van der Waals surface area (Å²) in [6.45, 7) is 20.9. The van der Waals surface area contributed by atoms with E-state index in [-0.39, 0.29) is 12.7 Å². The van der Waals surface area contributed by atoms with E-state index in [2.05, 4.69) is 159 Å². The molecule has 0 bridgehead atoms. The summed E-state index contributed by atoms with van der Waals surface area (Å²) < 4.78 is 0.180. The van der Waals surface area contributed by atoms with Crippen LogP contribution in [0.3, 0.4) is 0 Å². The van der Waals surface area contributed by atoms with E-state index in [1.54, 1.807) is 0 Å². The van der Waals surface area contributed by atoms with E-state index in [4.69, 9.17) is 17.0 Å². The van der Waals surface area contributed by atoms with Gasteiger partial charge in [-0.15, -0.1) is 0 Å². The van der Waals surface area contributed by atoms with E-state index in [9.17, 15) is 0 Å². The molecule has 0 spiro atoms. The second-order valence-electron chi connectivity index (χ2n) is 16.2. The molecular formula is C44H53Cl2SiZr. The average molecular weight is 772 g/mol. The van der Waals surface area contributed by atoms with Gasteiger partial charge in [-0.3, -0.25) is 0 Å². The van der Waals surface area contributed by atoms with Gasteiger partial charge in [-0.2, -0.15) is 0 Å². The van der Waals surface area contributed by atoms with Crippen molar-refractivity contribution < 1.29 is 15.6 Å². The van der Waals surface area contributed by atoms with Gasteiger partial charge in [0.2, 0.25) is 0 Å². The van der Waals surface area contributed by atoms with Gasteiger partial charge in [0.25, 0.3) is 0 Å². The zero-order valence-electron chi connectivity index (χ0n) is 30.4. The molecule has 4 aromatic rings. The molecule has 4 aromatic carbocycles. The van der Waals surface area contributed by atoms with Gasteiger partial charge in [-0.1, -0.05) is 0 Å². The van der Waals surface area contributed by atoms with E-state index in [0.29, 0.717) is 5.92 Å². The summed E-state index contributed by atoms with van der Waals surface area (Å²) in [6, 6.07) is 32.2. The minimum absolute atomic E-state index is 0.0878. The SMILES string of the molecule is CCCCc1ccc(-c2cccc3c2C=C(C(C)C)[CH]3[Zr]([Cl])([Cl])([CH]2C(C)=Cc3c(-c4ccc(C(C)(C)C)cc4)cccc32)[SiH](C)C)cc1. The topological polar surface area (TPSA) is 0 Å². The fourth-order valence-corrected chi connectivity index (χ4v) is 40.7. The Morgan fingerprint density at radius 2 is 1.25 bits per heavy atom. The first-order chi connectivity index (χ1) is 22.7. The van der Waals surface area contributed by atoms with Crippen molar-refractivity contribution in [3.8, 4) is 22.3 Å². The van der Waals surface area contributed by atoms with Crippen LogP contribution in [-0.2, 0) is 27.4 Å². The van der Waals surface area contributed by atoms with Crippen LogP contribution in [0.25, 0.3) is 34.4 Å². The number of aryl methyl sites for hydroxylation is 1. The third kappa shape index (κ3) is 6.06. The minimum atomic E-state index is -4.80. The van der Waals surface area contributed by atoms with Crippen molar-refractivity contribution in [2.24, 2.45) is 5.92 Å². The molecule has 251 valence electrons. The molecule has 0 heterocycles. The van der Waals surface area contributed by atoms with Crippen molar-refractivity contribution in [1.29, 1.82) is 0 Å². The van der Waals surface area contributed by atoms with Gasteiger partial charge in [0, 0.05) is 0 Å². The van der Waals surface area contributed by atoms with Crippen LogP contribution in [0.1, 0.15) is 102 Å². The van der Waals surface area contributed by atoms with Crippen LogP contribution in [-0.4, -0.2) is 5.92 Å². The molecule has 0 aromatic heterocycles. The van der Waals surface area contributed by atoms with Gasteiger partial charge in [-0.05, 0) is 0 Å². The van der Waals surface area contributed by atoms with Crippen LogP contribution in [0.15, 0.2) is 96.1 Å². The molecule has 6 rings (SSSR count). The number of fused-ring (bicyclic) bond motifs is 2. The summed E-state index contributed by atoms with van der Waals surface area (Å²) in [4.78, 5) is 0. The normalized spacial score (nSPS) is 18.4. The molecule has 0 saturated heterocycles. The molecule has 0 N–H and O–H groups in total. The Morgan fingerprint density at radius 1 is 0.729 bits per heavy atom. The van der Waals surface area contributed by atoms with Crippen LogP contribution in [0, 0.1) is 5.92 Å². The van der Waals surface area contributed by atoms with E-state index in [0.717, 1.165) is 6.42 Å². The monoisotopic (exact) mass is 769 g/mol. The van der Waals surface area contributed by atoms with Crippen LogP contribution in [0.2, 0.25) is 13.1 Å². The quantitative estimate of drug-likeness (QED) is 0.149. The van der Waals surface area contributed by atoms with Gasteiger partial charge >= 0.3 is 302 Å². The molecule has 2 aliphatic carbocycles. The molecule has 0 amide bonds. The second kappa shape index (κ2) is 13.3. The Morgan fingerprint density at radius 3 is 1.75 bits per heavy atom. The van der Waals surface area contributed by atoms with E-state index < -0.39 is 21.5 Å². The van der Waals surface area contributed by atoms with Crippen LogP contribution in [0.4, 0.5) is 0 Å². The summed E-state index contributed by atoms with van der Waals surface area (Å²) in [5, 5.41) is 0. The standard InChI is InChI=1S/C22H25.C20H21.C2H7Si.2ClH.Zr/c1-4-5-7-17-10-12-18(13-11-17)21-9-6-8-19-14-20(16(2)3)15-22(19)21;1-14-12-16-6-5-7-18(19(16)13-14)15-8-10-17(11-9-15)20(2,3)4;1-3-2;;;/h6,8-16H,4-5,7H2,1-3H3;5-13H,1-4H3;3H,1-2H3;2*1H;/q;;;;;+2/p-2. The van der Waals surface area contributed by atoms with Gasteiger partial charge < -0.3 is 0 Å². The van der Waals surface area contributed by atoms with Gasteiger partial charge in [0.05, 0.1) is 0 Å². The molecule has 0 saturated carbocycles. The van der Waals surface area contributed by atoms with Crippen molar-refractivity contribution in [3.05, 3.63) is 129 Å². The Balaban J connectivity index is 1.49. The number of hydrogen-bond donors (Lipinski definition) is 0. The molecule has 0 nitrogen and oxygen atoms in total. The molecule has 0 aliphatic heterocycles. The van der Waals surface area contributed by atoms with Crippen LogP contribution >= 0.6 is 17.0 Å². The third-order valence-electron chi connectivity index (χ3n) is 11.4. The molecular weight excluding hydrogens is 719 g/mol. The first-order valence-electron chi connectivity index (χ1n) is 18.1. The molecule has 2 aliphatic rings. The predicted octanol–water partition coefficient (Wildman–Crippen LogP) is 13.9. The Hall–Kier alpha value is -1.96. The summed E-state index contributed by atoms with van der Waals surface area (Å²) in [6.07, 6.45) is 8.49. The van der Waals surface area contributed by atoms with Gasteiger partial charge in [-0.25, -0.2) is 0 Å². The Kier molecular flexibility index (Phi) is 9.93.